The van der Waals surface area contributed by atoms with Gasteiger partial charge in [0.2, 0.25) is 10.0 Å². The Balaban J connectivity index is 2.02. The molecule has 2 rings (SSSR count). The number of nitrogens with one attached hydrogen (secondary N) is 2. The highest BCUT2D eigenvalue weighted by Crippen LogP contribution is 2.25. The molecule has 0 amide bonds. The lowest BCUT2D eigenvalue weighted by molar-refractivity contribution is 0.540. The molecule has 0 bridgehead atoms. The molecule has 0 fully saturated rings. The van der Waals surface area contributed by atoms with Crippen LogP contribution in [0.1, 0.15) is 38.7 Å². The first-order valence-corrected chi connectivity index (χ1v) is 8.84. The van der Waals surface area contributed by atoms with Gasteiger partial charge in [-0.05, 0) is 49.3 Å². The molecule has 4 nitrogen and oxygen atoms in total. The molecular formula is C15H24N2O2S. The molecule has 0 spiro atoms. The summed E-state index contributed by atoms with van der Waals surface area (Å²) in [6.07, 6.45) is 4.03. The molecule has 0 aromatic heterocycles. The minimum Gasteiger partial charge on any atom is -0.385 e. The van der Waals surface area contributed by atoms with Gasteiger partial charge < -0.3 is 5.32 Å². The summed E-state index contributed by atoms with van der Waals surface area (Å²) in [5.41, 5.74) is 2.16. The Morgan fingerprint density at radius 3 is 2.90 bits per heavy atom. The standard InChI is InChI=1S/C15H24N2O2S/c1-12(2)5-3-10-17-20(18,19)14-8-7-13-6-4-9-16-15(13)11-14/h7-8,11-12,16-17H,3-6,9-10H2,1-2H3. The van der Waals surface area contributed by atoms with Gasteiger partial charge in [-0.25, -0.2) is 13.1 Å². The molecule has 1 aliphatic heterocycles. The van der Waals surface area contributed by atoms with Crippen LogP contribution in [0.2, 0.25) is 0 Å². The van der Waals surface area contributed by atoms with Crippen LogP contribution >= 0.6 is 0 Å². The molecule has 20 heavy (non-hydrogen) atoms. The van der Waals surface area contributed by atoms with E-state index >= 15 is 0 Å². The molecule has 0 saturated heterocycles. The fraction of sp³-hybridized carbons (Fsp3) is 0.600. The van der Waals surface area contributed by atoms with Crippen LogP contribution in [-0.4, -0.2) is 21.5 Å². The number of rotatable bonds is 6. The molecule has 1 aliphatic rings. The van der Waals surface area contributed by atoms with Crippen molar-refractivity contribution in [3.8, 4) is 0 Å². The molecular weight excluding hydrogens is 272 g/mol. The molecule has 1 aromatic carbocycles. The lowest BCUT2D eigenvalue weighted by atomic mass is 10.0. The van der Waals surface area contributed by atoms with Crippen LogP contribution in [0, 0.1) is 5.92 Å². The largest absolute Gasteiger partial charge is 0.385 e. The molecule has 0 unspecified atom stereocenters. The molecule has 5 heteroatoms. The average Bonchev–Trinajstić information content (AvgIpc) is 2.43. The van der Waals surface area contributed by atoms with Crippen LogP contribution in [0.5, 0.6) is 0 Å². The molecule has 0 atom stereocenters. The number of benzene rings is 1. The maximum Gasteiger partial charge on any atom is 0.240 e. The Morgan fingerprint density at radius 1 is 1.35 bits per heavy atom. The molecule has 1 aromatic rings. The Hall–Kier alpha value is -1.07. The summed E-state index contributed by atoms with van der Waals surface area (Å²) in [4.78, 5) is 0.357. The first-order chi connectivity index (χ1) is 9.49. The number of anilines is 1. The molecule has 1 heterocycles. The van der Waals surface area contributed by atoms with Gasteiger partial charge in [-0.2, -0.15) is 0 Å². The van der Waals surface area contributed by atoms with E-state index < -0.39 is 10.0 Å². The topological polar surface area (TPSA) is 58.2 Å². The SMILES string of the molecule is CC(C)CCCNS(=O)(=O)c1ccc2c(c1)NCCC2. The number of sulfonamides is 1. The van der Waals surface area contributed by atoms with E-state index in [1.807, 2.05) is 6.07 Å². The van der Waals surface area contributed by atoms with Crippen molar-refractivity contribution in [3.05, 3.63) is 23.8 Å². The second-order valence-electron chi connectivity index (χ2n) is 5.78. The first kappa shape index (κ1) is 15.3. The monoisotopic (exact) mass is 296 g/mol. The zero-order valence-electron chi connectivity index (χ0n) is 12.3. The maximum atomic E-state index is 12.2. The summed E-state index contributed by atoms with van der Waals surface area (Å²) < 4.78 is 27.1. The van der Waals surface area contributed by atoms with Crippen molar-refractivity contribution in [3.63, 3.8) is 0 Å². The molecule has 0 radical (unpaired) electrons. The van der Waals surface area contributed by atoms with Crippen molar-refractivity contribution in [1.82, 2.24) is 4.72 Å². The van der Waals surface area contributed by atoms with E-state index in [9.17, 15) is 8.42 Å². The average molecular weight is 296 g/mol. The number of hydrogen-bond acceptors (Lipinski definition) is 3. The molecule has 2 N–H and O–H groups in total. The van der Waals surface area contributed by atoms with Crippen molar-refractivity contribution in [2.45, 2.75) is 44.4 Å². The van der Waals surface area contributed by atoms with Gasteiger partial charge in [-0.1, -0.05) is 19.9 Å². The summed E-state index contributed by atoms with van der Waals surface area (Å²) in [6.45, 7) is 5.71. The van der Waals surface area contributed by atoms with Gasteiger partial charge in [-0.3, -0.25) is 0 Å². The highest BCUT2D eigenvalue weighted by molar-refractivity contribution is 7.89. The predicted molar refractivity (Wildman–Crippen MR) is 82.5 cm³/mol. The third kappa shape index (κ3) is 3.96. The summed E-state index contributed by atoms with van der Waals surface area (Å²) in [7, 11) is -3.38. The van der Waals surface area contributed by atoms with Gasteiger partial charge >= 0.3 is 0 Å². The van der Waals surface area contributed by atoms with Crippen LogP contribution < -0.4 is 10.0 Å². The van der Waals surface area contributed by atoms with Gasteiger partial charge in [0.15, 0.2) is 0 Å². The van der Waals surface area contributed by atoms with E-state index in [0.29, 0.717) is 17.4 Å². The second-order valence-corrected chi connectivity index (χ2v) is 7.55. The zero-order chi connectivity index (χ0) is 14.6. The normalized spacial score (nSPS) is 14.9. The van der Waals surface area contributed by atoms with Crippen LogP contribution in [0.3, 0.4) is 0 Å². The highest BCUT2D eigenvalue weighted by Gasteiger charge is 2.17. The van der Waals surface area contributed by atoms with Crippen molar-refractivity contribution in [2.24, 2.45) is 5.92 Å². The minimum absolute atomic E-state index is 0.357. The van der Waals surface area contributed by atoms with Gasteiger partial charge in [0.25, 0.3) is 0 Å². The highest BCUT2D eigenvalue weighted by atomic mass is 32.2. The Bertz CT molecular complexity index is 553. The third-order valence-corrected chi connectivity index (χ3v) is 5.04. The van der Waals surface area contributed by atoms with E-state index in [2.05, 4.69) is 23.9 Å². The van der Waals surface area contributed by atoms with Gasteiger partial charge in [-0.15, -0.1) is 0 Å². The van der Waals surface area contributed by atoms with Gasteiger partial charge in [0.1, 0.15) is 0 Å². The number of fused-ring (bicyclic) bond motifs is 1. The van der Waals surface area contributed by atoms with Crippen molar-refractivity contribution in [2.75, 3.05) is 18.4 Å². The quantitative estimate of drug-likeness (QED) is 0.794. The van der Waals surface area contributed by atoms with Crippen molar-refractivity contribution in [1.29, 1.82) is 0 Å². The van der Waals surface area contributed by atoms with E-state index in [4.69, 9.17) is 0 Å². The Labute approximate surface area is 122 Å². The van der Waals surface area contributed by atoms with E-state index in [1.54, 1.807) is 12.1 Å². The summed E-state index contributed by atoms with van der Waals surface area (Å²) in [5, 5.41) is 3.27. The van der Waals surface area contributed by atoms with Crippen LogP contribution in [0.4, 0.5) is 5.69 Å². The fourth-order valence-electron chi connectivity index (χ4n) is 2.41. The lowest BCUT2D eigenvalue weighted by Gasteiger charge is -2.18. The Kier molecular flexibility index (Phi) is 5.05. The Morgan fingerprint density at radius 2 is 2.15 bits per heavy atom. The van der Waals surface area contributed by atoms with Gasteiger partial charge in [0.05, 0.1) is 4.90 Å². The lowest BCUT2D eigenvalue weighted by Crippen LogP contribution is -2.25. The summed E-state index contributed by atoms with van der Waals surface area (Å²) in [6, 6.07) is 5.38. The van der Waals surface area contributed by atoms with Crippen LogP contribution in [0.15, 0.2) is 23.1 Å². The fourth-order valence-corrected chi connectivity index (χ4v) is 3.51. The summed E-state index contributed by atoms with van der Waals surface area (Å²) in [5.74, 6) is 0.604. The molecule has 112 valence electrons. The minimum atomic E-state index is -3.38. The second kappa shape index (κ2) is 6.59. The summed E-state index contributed by atoms with van der Waals surface area (Å²) >= 11 is 0. The van der Waals surface area contributed by atoms with Crippen molar-refractivity contribution >= 4 is 15.7 Å². The first-order valence-electron chi connectivity index (χ1n) is 7.35. The zero-order valence-corrected chi connectivity index (χ0v) is 13.1. The van der Waals surface area contributed by atoms with Crippen LogP contribution in [0.25, 0.3) is 0 Å². The van der Waals surface area contributed by atoms with E-state index in [-0.39, 0.29) is 0 Å². The smallest absolute Gasteiger partial charge is 0.240 e. The van der Waals surface area contributed by atoms with Gasteiger partial charge in [0, 0.05) is 18.8 Å². The third-order valence-electron chi connectivity index (χ3n) is 3.58. The predicted octanol–water partition coefficient (Wildman–Crippen LogP) is 2.76. The van der Waals surface area contributed by atoms with Crippen LogP contribution in [-0.2, 0) is 16.4 Å². The van der Waals surface area contributed by atoms with Crippen molar-refractivity contribution < 1.29 is 8.42 Å². The van der Waals surface area contributed by atoms with E-state index in [1.165, 1.54) is 5.56 Å². The van der Waals surface area contributed by atoms with E-state index in [0.717, 1.165) is 37.9 Å². The number of hydrogen-bond donors (Lipinski definition) is 2. The molecule has 0 aliphatic carbocycles. The molecule has 0 saturated carbocycles. The number of aryl methyl sites for hydroxylation is 1. The maximum absolute atomic E-state index is 12.2.